The molecule has 2 N–H and O–H groups in total. The molecule has 0 fully saturated rings. The second-order valence-corrected chi connectivity index (χ2v) is 1.98. The molecule has 1 aliphatic rings. The summed E-state index contributed by atoms with van der Waals surface area (Å²) in [6.45, 7) is 0.765. The third-order valence-corrected chi connectivity index (χ3v) is 1.20. The van der Waals surface area contributed by atoms with Gasteiger partial charge in [-0.3, -0.25) is 4.99 Å². The fourth-order valence-electron chi connectivity index (χ4n) is 0.726. The zero-order valence-electron chi connectivity index (χ0n) is 5.70. The van der Waals surface area contributed by atoms with Gasteiger partial charge in [-0.25, -0.2) is 0 Å². The van der Waals surface area contributed by atoms with Gasteiger partial charge in [-0.05, 0) is 23.9 Å². The highest BCUT2D eigenvalue weighted by Crippen LogP contribution is 2.00. The van der Waals surface area contributed by atoms with Crippen LogP contribution < -0.4 is 5.73 Å². The first-order valence-corrected chi connectivity index (χ1v) is 3.17. The van der Waals surface area contributed by atoms with Gasteiger partial charge < -0.3 is 5.73 Å². The van der Waals surface area contributed by atoms with E-state index in [-0.39, 0.29) is 0 Å². The minimum Gasteiger partial charge on any atom is -0.405 e. The zero-order valence-corrected chi connectivity index (χ0v) is 5.70. The molecule has 0 amide bonds. The van der Waals surface area contributed by atoms with E-state index >= 15 is 0 Å². The highest BCUT2D eigenvalue weighted by Gasteiger charge is 1.89. The van der Waals surface area contributed by atoms with Crippen LogP contribution in [-0.2, 0) is 0 Å². The number of aliphatic imine (C=N–C) groups is 1. The van der Waals surface area contributed by atoms with Crippen molar-refractivity contribution in [2.24, 2.45) is 10.7 Å². The molecule has 1 rings (SSSR count). The van der Waals surface area contributed by atoms with E-state index in [9.17, 15) is 0 Å². The fraction of sp³-hybridized carbons (Fsp3) is 0.125. The van der Waals surface area contributed by atoms with Crippen LogP contribution in [0.15, 0.2) is 41.1 Å². The molecule has 1 aliphatic heterocycles. The van der Waals surface area contributed by atoms with E-state index in [4.69, 9.17) is 5.73 Å². The van der Waals surface area contributed by atoms with Crippen molar-refractivity contribution in [1.29, 1.82) is 0 Å². The summed E-state index contributed by atoms with van der Waals surface area (Å²) in [5, 5.41) is 0. The molecule has 10 heavy (non-hydrogen) atoms. The molecule has 0 saturated carbocycles. The molecule has 0 unspecified atom stereocenters. The summed E-state index contributed by atoms with van der Waals surface area (Å²) in [5.41, 5.74) is 6.34. The lowest BCUT2D eigenvalue weighted by Crippen LogP contribution is -1.89. The quantitative estimate of drug-likeness (QED) is 0.571. The number of hydrogen-bond donors (Lipinski definition) is 1. The molecule has 0 bridgehead atoms. The van der Waals surface area contributed by atoms with Crippen LogP contribution in [0.1, 0.15) is 0 Å². The van der Waals surface area contributed by atoms with Crippen molar-refractivity contribution < 1.29 is 0 Å². The molecule has 0 radical (unpaired) electrons. The SMILES string of the molecule is NC=CC=C1C=CC=NC1. The molecule has 0 spiro atoms. The van der Waals surface area contributed by atoms with Crippen molar-refractivity contribution in [2.75, 3.05) is 6.54 Å². The predicted molar refractivity (Wildman–Crippen MR) is 43.9 cm³/mol. The molecule has 2 nitrogen and oxygen atoms in total. The lowest BCUT2D eigenvalue weighted by molar-refractivity contribution is 1.18. The second kappa shape index (κ2) is 3.67. The van der Waals surface area contributed by atoms with E-state index in [1.54, 1.807) is 12.3 Å². The summed E-state index contributed by atoms with van der Waals surface area (Å²) < 4.78 is 0. The van der Waals surface area contributed by atoms with Gasteiger partial charge in [-0.2, -0.15) is 0 Å². The van der Waals surface area contributed by atoms with Crippen molar-refractivity contribution >= 4 is 6.21 Å². The Morgan fingerprint density at radius 2 is 2.50 bits per heavy atom. The highest BCUT2D eigenvalue weighted by molar-refractivity contribution is 5.73. The number of rotatable bonds is 1. The molecule has 0 atom stereocenters. The first-order chi connectivity index (χ1) is 4.93. The van der Waals surface area contributed by atoms with Crippen LogP contribution in [0.2, 0.25) is 0 Å². The summed E-state index contributed by atoms with van der Waals surface area (Å²) >= 11 is 0. The first kappa shape index (κ1) is 6.81. The average molecular weight is 134 g/mol. The van der Waals surface area contributed by atoms with Gasteiger partial charge in [0.1, 0.15) is 0 Å². The van der Waals surface area contributed by atoms with E-state index in [0.717, 1.165) is 6.54 Å². The molecule has 2 heteroatoms. The topological polar surface area (TPSA) is 38.4 Å². The summed E-state index contributed by atoms with van der Waals surface area (Å²) in [5.74, 6) is 0. The molecular weight excluding hydrogens is 124 g/mol. The van der Waals surface area contributed by atoms with Crippen LogP contribution >= 0.6 is 0 Å². The van der Waals surface area contributed by atoms with Gasteiger partial charge in [0.15, 0.2) is 0 Å². The van der Waals surface area contributed by atoms with Crippen LogP contribution in [0.4, 0.5) is 0 Å². The Morgan fingerprint density at radius 3 is 3.10 bits per heavy atom. The van der Waals surface area contributed by atoms with Crippen LogP contribution in [0.25, 0.3) is 0 Å². The van der Waals surface area contributed by atoms with E-state index in [0.29, 0.717) is 0 Å². The largest absolute Gasteiger partial charge is 0.405 e. The predicted octanol–water partition coefficient (Wildman–Crippen LogP) is 1.03. The van der Waals surface area contributed by atoms with Crippen LogP contribution in [0.5, 0.6) is 0 Å². The van der Waals surface area contributed by atoms with Gasteiger partial charge in [-0.1, -0.05) is 12.2 Å². The Balaban J connectivity index is 2.58. The summed E-state index contributed by atoms with van der Waals surface area (Å²) in [4.78, 5) is 4.06. The smallest absolute Gasteiger partial charge is 0.0639 e. The molecule has 0 aromatic carbocycles. The average Bonchev–Trinajstić information content (AvgIpc) is 2.03. The molecule has 52 valence electrons. The lowest BCUT2D eigenvalue weighted by atomic mass is 10.2. The van der Waals surface area contributed by atoms with E-state index < -0.39 is 0 Å². The van der Waals surface area contributed by atoms with Crippen LogP contribution in [0, 0.1) is 0 Å². The summed E-state index contributed by atoms with van der Waals surface area (Å²) in [7, 11) is 0. The van der Waals surface area contributed by atoms with Gasteiger partial charge in [0.2, 0.25) is 0 Å². The maximum Gasteiger partial charge on any atom is 0.0639 e. The van der Waals surface area contributed by atoms with Gasteiger partial charge in [-0.15, -0.1) is 0 Å². The molecule has 0 saturated heterocycles. The van der Waals surface area contributed by atoms with E-state index in [2.05, 4.69) is 4.99 Å². The Morgan fingerprint density at radius 1 is 1.60 bits per heavy atom. The Labute approximate surface area is 60.5 Å². The van der Waals surface area contributed by atoms with Gasteiger partial charge in [0.25, 0.3) is 0 Å². The minimum atomic E-state index is 0.765. The number of allylic oxidation sites excluding steroid dienone is 3. The third kappa shape index (κ3) is 1.90. The first-order valence-electron chi connectivity index (χ1n) is 3.17. The van der Waals surface area contributed by atoms with Gasteiger partial charge in [0, 0.05) is 6.21 Å². The Bertz CT molecular complexity index is 209. The maximum atomic E-state index is 5.16. The highest BCUT2D eigenvalue weighted by atomic mass is 14.7. The zero-order chi connectivity index (χ0) is 7.23. The third-order valence-electron chi connectivity index (χ3n) is 1.20. The monoisotopic (exact) mass is 134 g/mol. The van der Waals surface area contributed by atoms with E-state index in [1.807, 2.05) is 18.2 Å². The summed E-state index contributed by atoms with van der Waals surface area (Å²) in [6.07, 6.45) is 11.0. The Hall–Kier alpha value is -1.31. The number of dihydropyridines is 1. The molecule has 0 aromatic rings. The van der Waals surface area contributed by atoms with Crippen LogP contribution in [-0.4, -0.2) is 12.8 Å². The second-order valence-electron chi connectivity index (χ2n) is 1.98. The molecule has 0 aromatic heterocycles. The number of hydrogen-bond acceptors (Lipinski definition) is 2. The lowest BCUT2D eigenvalue weighted by Gasteiger charge is -1.97. The van der Waals surface area contributed by atoms with Crippen molar-refractivity contribution in [3.8, 4) is 0 Å². The Kier molecular flexibility index (Phi) is 2.49. The van der Waals surface area contributed by atoms with Crippen molar-refractivity contribution in [3.63, 3.8) is 0 Å². The normalized spacial score (nSPS) is 21.0. The fourth-order valence-corrected chi connectivity index (χ4v) is 0.726. The van der Waals surface area contributed by atoms with Gasteiger partial charge >= 0.3 is 0 Å². The van der Waals surface area contributed by atoms with E-state index in [1.165, 1.54) is 11.8 Å². The van der Waals surface area contributed by atoms with Crippen LogP contribution in [0.3, 0.4) is 0 Å². The van der Waals surface area contributed by atoms with Crippen molar-refractivity contribution in [3.05, 3.63) is 36.1 Å². The molecule has 0 aliphatic carbocycles. The number of nitrogens with zero attached hydrogens (tertiary/aromatic N) is 1. The van der Waals surface area contributed by atoms with Crippen molar-refractivity contribution in [1.82, 2.24) is 0 Å². The van der Waals surface area contributed by atoms with Crippen molar-refractivity contribution in [2.45, 2.75) is 0 Å². The minimum absolute atomic E-state index is 0.765. The summed E-state index contributed by atoms with van der Waals surface area (Å²) in [6, 6.07) is 0. The molecular formula is C8H10N2. The number of nitrogens with two attached hydrogens (primary N) is 1. The maximum absolute atomic E-state index is 5.16. The molecule has 1 heterocycles. The standard InChI is InChI=1S/C8H10N2/c9-5-1-3-8-4-2-6-10-7-8/h1-6H,7,9H2. The van der Waals surface area contributed by atoms with Gasteiger partial charge in [0.05, 0.1) is 6.54 Å².